The summed E-state index contributed by atoms with van der Waals surface area (Å²) < 4.78 is 12.8. The number of alkyl halides is 1. The van der Waals surface area contributed by atoms with Crippen molar-refractivity contribution in [2.24, 2.45) is 11.3 Å². The molecule has 1 N–H and O–H groups in total. The number of hydrogen-bond acceptors (Lipinski definition) is 2. The lowest BCUT2D eigenvalue weighted by Gasteiger charge is -2.39. The van der Waals surface area contributed by atoms with Crippen LogP contribution in [0, 0.1) is 11.3 Å². The molecule has 98 valence electrons. The molecular weight excluding hydrogens is 219 g/mol. The van der Waals surface area contributed by atoms with Crippen molar-refractivity contribution in [3.63, 3.8) is 0 Å². The van der Waals surface area contributed by atoms with Crippen LogP contribution in [0.3, 0.4) is 0 Å². The van der Waals surface area contributed by atoms with Crippen LogP contribution in [0.2, 0.25) is 0 Å². The highest BCUT2D eigenvalue weighted by Gasteiger charge is 2.34. The van der Waals surface area contributed by atoms with E-state index in [4.69, 9.17) is 0 Å². The van der Waals surface area contributed by atoms with E-state index in [-0.39, 0.29) is 23.9 Å². The predicted molar refractivity (Wildman–Crippen MR) is 65.5 cm³/mol. The maximum absolute atomic E-state index is 12.8. The van der Waals surface area contributed by atoms with Crippen LogP contribution in [0.1, 0.15) is 32.6 Å². The lowest BCUT2D eigenvalue weighted by molar-refractivity contribution is -0.138. The number of rotatable bonds is 2. The molecule has 0 aromatic carbocycles. The number of amides is 1. The van der Waals surface area contributed by atoms with Crippen molar-refractivity contribution in [3.8, 4) is 0 Å². The molecule has 0 aromatic heterocycles. The van der Waals surface area contributed by atoms with Gasteiger partial charge in [-0.25, -0.2) is 0 Å². The Bertz CT molecular complexity index is 269. The average molecular weight is 242 g/mol. The molecule has 0 spiro atoms. The van der Waals surface area contributed by atoms with Gasteiger partial charge in [-0.1, -0.05) is 6.92 Å². The summed E-state index contributed by atoms with van der Waals surface area (Å²) in [4.78, 5) is 14.2. The number of nitrogens with one attached hydrogen (secondary N) is 1. The van der Waals surface area contributed by atoms with Gasteiger partial charge in [0.05, 0.1) is 12.6 Å². The molecule has 0 aliphatic carbocycles. The third-order valence-corrected chi connectivity index (χ3v) is 4.25. The first-order chi connectivity index (χ1) is 8.14. The third-order valence-electron chi connectivity index (χ3n) is 4.25. The molecule has 0 saturated carbocycles. The smallest absolute Gasteiger partial charge is 0.226 e. The highest BCUT2D eigenvalue weighted by atomic mass is 19.1. The van der Waals surface area contributed by atoms with E-state index in [1.54, 1.807) is 0 Å². The Morgan fingerprint density at radius 3 is 2.71 bits per heavy atom. The second-order valence-corrected chi connectivity index (χ2v) is 5.81. The molecule has 2 fully saturated rings. The number of nitrogens with zero attached hydrogens (tertiary/aromatic N) is 1. The molecule has 0 aromatic rings. The fourth-order valence-corrected chi connectivity index (χ4v) is 2.72. The Morgan fingerprint density at radius 2 is 2.18 bits per heavy atom. The molecule has 0 bridgehead atoms. The van der Waals surface area contributed by atoms with Crippen LogP contribution < -0.4 is 5.32 Å². The molecule has 1 amide bonds. The Morgan fingerprint density at radius 1 is 1.47 bits per heavy atom. The Kier molecular flexibility index (Phi) is 4.02. The fraction of sp³-hybridized carbons (Fsp3) is 0.923. The number of carbonyl (C=O) groups is 1. The van der Waals surface area contributed by atoms with E-state index < -0.39 is 0 Å². The predicted octanol–water partition coefficient (Wildman–Crippen LogP) is 1.58. The zero-order valence-corrected chi connectivity index (χ0v) is 10.7. The van der Waals surface area contributed by atoms with E-state index in [2.05, 4.69) is 5.32 Å². The lowest BCUT2D eigenvalue weighted by Crippen LogP contribution is -2.48. The molecule has 4 heteroatoms. The first kappa shape index (κ1) is 12.8. The summed E-state index contributed by atoms with van der Waals surface area (Å²) in [6, 6.07) is 0. The molecule has 1 atom stereocenters. The minimum absolute atomic E-state index is 0.151. The highest BCUT2D eigenvalue weighted by molar-refractivity contribution is 5.79. The van der Waals surface area contributed by atoms with Crippen molar-refractivity contribution < 1.29 is 9.18 Å². The van der Waals surface area contributed by atoms with Gasteiger partial charge in [-0.3, -0.25) is 9.18 Å². The van der Waals surface area contributed by atoms with E-state index in [1.807, 2.05) is 11.8 Å². The van der Waals surface area contributed by atoms with Gasteiger partial charge in [-0.15, -0.1) is 0 Å². The van der Waals surface area contributed by atoms with Gasteiger partial charge < -0.3 is 10.2 Å². The van der Waals surface area contributed by atoms with Crippen molar-refractivity contribution in [2.75, 3.05) is 32.9 Å². The third kappa shape index (κ3) is 2.97. The maximum atomic E-state index is 12.8. The first-order valence-electron chi connectivity index (χ1n) is 6.70. The van der Waals surface area contributed by atoms with Crippen LogP contribution >= 0.6 is 0 Å². The van der Waals surface area contributed by atoms with Gasteiger partial charge in [0.15, 0.2) is 0 Å². The van der Waals surface area contributed by atoms with Gasteiger partial charge >= 0.3 is 0 Å². The van der Waals surface area contributed by atoms with Crippen LogP contribution in [0.4, 0.5) is 4.39 Å². The average Bonchev–Trinajstić information content (AvgIpc) is 2.40. The molecule has 2 aliphatic heterocycles. The monoisotopic (exact) mass is 242 g/mol. The quantitative estimate of drug-likeness (QED) is 0.797. The van der Waals surface area contributed by atoms with Crippen molar-refractivity contribution in [2.45, 2.75) is 32.6 Å². The second-order valence-electron chi connectivity index (χ2n) is 5.81. The van der Waals surface area contributed by atoms with Gasteiger partial charge in [-0.05, 0) is 37.6 Å². The minimum Gasteiger partial charge on any atom is -0.342 e. The van der Waals surface area contributed by atoms with Crippen molar-refractivity contribution in [3.05, 3.63) is 0 Å². The highest BCUT2D eigenvalue weighted by Crippen LogP contribution is 2.32. The number of piperidine rings is 2. The first-order valence-corrected chi connectivity index (χ1v) is 6.70. The molecule has 2 rings (SSSR count). The van der Waals surface area contributed by atoms with E-state index in [0.29, 0.717) is 0 Å². The summed E-state index contributed by atoms with van der Waals surface area (Å²) in [5.41, 5.74) is -0.193. The fourth-order valence-electron chi connectivity index (χ4n) is 2.72. The standard InChI is InChI=1S/C13H23FN2O/c1-13(10-14)4-7-16(8-5-13)12(17)11-3-2-6-15-9-11/h11,15H,2-10H2,1H3/t11-/m0/s1. The number of halogens is 1. The summed E-state index contributed by atoms with van der Waals surface area (Å²) in [5, 5.41) is 3.27. The zero-order chi connectivity index (χ0) is 12.3. The second kappa shape index (κ2) is 5.34. The SMILES string of the molecule is CC1(CF)CCN(C(=O)[C@H]2CCCNC2)CC1. The normalized spacial score (nSPS) is 29.1. The van der Waals surface area contributed by atoms with Crippen LogP contribution in [0.15, 0.2) is 0 Å². The van der Waals surface area contributed by atoms with Crippen LogP contribution in [-0.2, 0) is 4.79 Å². The summed E-state index contributed by atoms with van der Waals surface area (Å²) >= 11 is 0. The largest absolute Gasteiger partial charge is 0.342 e. The van der Waals surface area contributed by atoms with Gasteiger partial charge in [0, 0.05) is 19.6 Å². The van der Waals surface area contributed by atoms with E-state index in [9.17, 15) is 9.18 Å². The molecule has 2 heterocycles. The summed E-state index contributed by atoms with van der Waals surface area (Å²) in [7, 11) is 0. The van der Waals surface area contributed by atoms with Crippen LogP contribution in [-0.4, -0.2) is 43.7 Å². The van der Waals surface area contributed by atoms with Crippen LogP contribution in [0.5, 0.6) is 0 Å². The van der Waals surface area contributed by atoms with Gasteiger partial charge in [-0.2, -0.15) is 0 Å². The Labute approximate surface area is 103 Å². The summed E-state index contributed by atoms with van der Waals surface area (Å²) in [5.74, 6) is 0.427. The number of hydrogen-bond donors (Lipinski definition) is 1. The van der Waals surface area contributed by atoms with Crippen LogP contribution in [0.25, 0.3) is 0 Å². The van der Waals surface area contributed by atoms with Crippen molar-refractivity contribution in [1.82, 2.24) is 10.2 Å². The van der Waals surface area contributed by atoms with Gasteiger partial charge in [0.2, 0.25) is 5.91 Å². The topological polar surface area (TPSA) is 32.3 Å². The number of likely N-dealkylation sites (tertiary alicyclic amines) is 1. The van der Waals surface area contributed by atoms with E-state index in [1.165, 1.54) is 0 Å². The molecule has 0 unspecified atom stereocenters. The molecule has 17 heavy (non-hydrogen) atoms. The van der Waals surface area contributed by atoms with Crippen molar-refractivity contribution in [1.29, 1.82) is 0 Å². The summed E-state index contributed by atoms with van der Waals surface area (Å²) in [6.07, 6.45) is 3.69. The van der Waals surface area contributed by atoms with Crippen molar-refractivity contribution >= 4 is 5.91 Å². The minimum atomic E-state index is -0.264. The van der Waals surface area contributed by atoms with E-state index in [0.717, 1.165) is 51.9 Å². The number of carbonyl (C=O) groups excluding carboxylic acids is 1. The zero-order valence-electron chi connectivity index (χ0n) is 10.7. The molecular formula is C13H23FN2O. The molecule has 2 aliphatic rings. The van der Waals surface area contributed by atoms with E-state index >= 15 is 0 Å². The maximum Gasteiger partial charge on any atom is 0.226 e. The Balaban J connectivity index is 1.85. The van der Waals surface area contributed by atoms with Gasteiger partial charge in [0.1, 0.15) is 0 Å². The summed E-state index contributed by atoms with van der Waals surface area (Å²) in [6.45, 7) is 5.03. The van der Waals surface area contributed by atoms with Gasteiger partial charge in [0.25, 0.3) is 0 Å². The molecule has 0 radical (unpaired) electrons. The Hall–Kier alpha value is -0.640. The molecule has 2 saturated heterocycles. The molecule has 3 nitrogen and oxygen atoms in total. The lowest BCUT2D eigenvalue weighted by atomic mass is 9.81.